The van der Waals surface area contributed by atoms with Crippen LogP contribution < -0.4 is 4.72 Å². The van der Waals surface area contributed by atoms with E-state index in [-0.39, 0.29) is 23.0 Å². The van der Waals surface area contributed by atoms with Crippen LogP contribution in [-0.2, 0) is 23.2 Å². The average Bonchev–Trinajstić information content (AvgIpc) is 2.93. The third kappa shape index (κ3) is 2.83. The second-order valence-electron chi connectivity index (χ2n) is 3.98. The molecule has 0 spiro atoms. The lowest BCUT2D eigenvalue weighted by molar-refractivity contribution is 0.277. The molecular formula is C10H14N4O4S. The van der Waals surface area contributed by atoms with Crippen molar-refractivity contribution in [3.05, 3.63) is 29.1 Å². The van der Waals surface area contributed by atoms with Crippen LogP contribution in [0.1, 0.15) is 22.9 Å². The molecule has 0 aromatic carbocycles. The lowest BCUT2D eigenvalue weighted by Gasteiger charge is -2.03. The molecule has 0 aliphatic carbocycles. The monoisotopic (exact) mass is 286 g/mol. The largest absolute Gasteiger partial charge is 0.445 e. The highest BCUT2D eigenvalue weighted by atomic mass is 32.2. The summed E-state index contributed by atoms with van der Waals surface area (Å²) in [6, 6.07) is 0. The number of H-pyrrole nitrogens is 1. The van der Waals surface area contributed by atoms with E-state index in [0.717, 1.165) is 0 Å². The summed E-state index contributed by atoms with van der Waals surface area (Å²) >= 11 is 0. The van der Waals surface area contributed by atoms with Crippen LogP contribution in [0.4, 0.5) is 0 Å². The van der Waals surface area contributed by atoms with Gasteiger partial charge in [-0.2, -0.15) is 5.10 Å². The lowest BCUT2D eigenvalue weighted by atomic mass is 10.3. The number of oxazole rings is 1. The van der Waals surface area contributed by atoms with Crippen molar-refractivity contribution >= 4 is 10.0 Å². The zero-order valence-corrected chi connectivity index (χ0v) is 11.3. The van der Waals surface area contributed by atoms with Gasteiger partial charge >= 0.3 is 0 Å². The Bertz CT molecular complexity index is 674. The van der Waals surface area contributed by atoms with Gasteiger partial charge in [0.1, 0.15) is 5.76 Å². The first-order valence-corrected chi connectivity index (χ1v) is 6.98. The predicted octanol–water partition coefficient (Wildman–Crippen LogP) is -0.0147. The van der Waals surface area contributed by atoms with Crippen LogP contribution in [0.15, 0.2) is 15.6 Å². The zero-order chi connectivity index (χ0) is 14.0. The summed E-state index contributed by atoms with van der Waals surface area (Å²) in [7, 11) is -3.82. The fourth-order valence-electron chi connectivity index (χ4n) is 1.55. The third-order valence-electron chi connectivity index (χ3n) is 2.53. The molecule has 104 valence electrons. The molecule has 0 fully saturated rings. The van der Waals surface area contributed by atoms with E-state index in [1.54, 1.807) is 13.8 Å². The topological polar surface area (TPSA) is 121 Å². The van der Waals surface area contributed by atoms with Crippen molar-refractivity contribution in [2.75, 3.05) is 0 Å². The lowest BCUT2D eigenvalue weighted by Crippen LogP contribution is -2.24. The Labute approximate surface area is 109 Å². The molecule has 2 aromatic heterocycles. The second-order valence-corrected chi connectivity index (χ2v) is 5.66. The minimum absolute atomic E-state index is 0.0764. The van der Waals surface area contributed by atoms with E-state index in [1.807, 2.05) is 0 Å². The quantitative estimate of drug-likeness (QED) is 0.710. The van der Waals surface area contributed by atoms with Gasteiger partial charge in [0.15, 0.2) is 5.03 Å². The smallest absolute Gasteiger partial charge is 0.260 e. The number of aromatic amines is 1. The molecule has 2 aromatic rings. The number of aliphatic hydroxyl groups excluding tert-OH is 1. The highest BCUT2D eigenvalue weighted by molar-refractivity contribution is 7.89. The molecule has 0 aliphatic rings. The van der Waals surface area contributed by atoms with Crippen LogP contribution in [0.2, 0.25) is 0 Å². The highest BCUT2D eigenvalue weighted by Gasteiger charge is 2.23. The maximum absolute atomic E-state index is 12.0. The second kappa shape index (κ2) is 5.11. The van der Waals surface area contributed by atoms with Gasteiger partial charge in [-0.15, -0.1) is 0 Å². The van der Waals surface area contributed by atoms with Crippen molar-refractivity contribution in [1.82, 2.24) is 19.9 Å². The van der Waals surface area contributed by atoms with E-state index < -0.39 is 16.6 Å². The van der Waals surface area contributed by atoms with Crippen molar-refractivity contribution < 1.29 is 17.9 Å². The number of aliphatic hydroxyl groups is 1. The molecule has 0 saturated heterocycles. The molecule has 0 saturated carbocycles. The Hall–Kier alpha value is -1.71. The molecule has 9 heteroatoms. The predicted molar refractivity (Wildman–Crippen MR) is 64.5 cm³/mol. The summed E-state index contributed by atoms with van der Waals surface area (Å²) in [6.07, 6.45) is 1.50. The van der Waals surface area contributed by atoms with Crippen molar-refractivity contribution in [1.29, 1.82) is 0 Å². The number of hydrogen-bond acceptors (Lipinski definition) is 6. The minimum atomic E-state index is -3.82. The number of aromatic nitrogens is 3. The Morgan fingerprint density at radius 1 is 1.47 bits per heavy atom. The molecule has 0 amide bonds. The summed E-state index contributed by atoms with van der Waals surface area (Å²) in [5.74, 6) is 0.861. The van der Waals surface area contributed by atoms with Crippen molar-refractivity contribution in [3.8, 4) is 0 Å². The Balaban J connectivity index is 2.18. The van der Waals surface area contributed by atoms with Gasteiger partial charge in [0.2, 0.25) is 5.89 Å². The molecule has 2 heterocycles. The van der Waals surface area contributed by atoms with Crippen LogP contribution in [-0.4, -0.2) is 28.7 Å². The molecule has 0 unspecified atom stereocenters. The van der Waals surface area contributed by atoms with Crippen LogP contribution >= 0.6 is 0 Å². The first-order chi connectivity index (χ1) is 8.94. The summed E-state index contributed by atoms with van der Waals surface area (Å²) < 4.78 is 31.5. The van der Waals surface area contributed by atoms with Gasteiger partial charge in [-0.05, 0) is 13.8 Å². The average molecular weight is 286 g/mol. The summed E-state index contributed by atoms with van der Waals surface area (Å²) in [5.41, 5.74) is 0.755. The van der Waals surface area contributed by atoms with Gasteiger partial charge < -0.3 is 9.52 Å². The van der Waals surface area contributed by atoms with Gasteiger partial charge in [0, 0.05) is 11.3 Å². The van der Waals surface area contributed by atoms with Crippen molar-refractivity contribution in [2.45, 2.75) is 32.0 Å². The molecule has 0 radical (unpaired) electrons. The minimum Gasteiger partial charge on any atom is -0.445 e. The van der Waals surface area contributed by atoms with Gasteiger partial charge in [-0.1, -0.05) is 0 Å². The number of hydrogen-bond donors (Lipinski definition) is 3. The molecular weight excluding hydrogens is 272 g/mol. The Kier molecular flexibility index (Phi) is 3.69. The van der Waals surface area contributed by atoms with Crippen LogP contribution in [0.5, 0.6) is 0 Å². The number of nitrogens with zero attached hydrogens (tertiary/aromatic N) is 2. The fraction of sp³-hybridized carbons (Fsp3) is 0.400. The molecule has 8 nitrogen and oxygen atoms in total. The summed E-state index contributed by atoms with van der Waals surface area (Å²) in [5, 5.41) is 15.2. The first kappa shape index (κ1) is 13.7. The molecule has 0 bridgehead atoms. The molecule has 0 aliphatic heterocycles. The Morgan fingerprint density at radius 3 is 2.79 bits per heavy atom. The molecule has 3 N–H and O–H groups in total. The van der Waals surface area contributed by atoms with E-state index in [9.17, 15) is 8.42 Å². The normalized spacial score (nSPS) is 11.9. The van der Waals surface area contributed by atoms with E-state index in [1.165, 1.54) is 6.20 Å². The van der Waals surface area contributed by atoms with Crippen LogP contribution in [0.3, 0.4) is 0 Å². The Morgan fingerprint density at radius 2 is 2.21 bits per heavy atom. The number of rotatable bonds is 5. The number of sulfonamides is 1. The van der Waals surface area contributed by atoms with Gasteiger partial charge in [-0.25, -0.2) is 18.1 Å². The van der Waals surface area contributed by atoms with E-state index >= 15 is 0 Å². The van der Waals surface area contributed by atoms with Crippen LogP contribution in [0.25, 0.3) is 0 Å². The molecule has 2 rings (SSSR count). The SMILES string of the molecule is Cc1cnc(CNS(=O)(=O)c2n[nH]c(C)c2CO)o1. The van der Waals surface area contributed by atoms with E-state index in [0.29, 0.717) is 11.5 Å². The maximum Gasteiger partial charge on any atom is 0.260 e. The van der Waals surface area contributed by atoms with Crippen LogP contribution in [0, 0.1) is 13.8 Å². The van der Waals surface area contributed by atoms with Gasteiger partial charge in [-0.3, -0.25) is 5.10 Å². The highest BCUT2D eigenvalue weighted by Crippen LogP contribution is 2.16. The van der Waals surface area contributed by atoms with Crippen molar-refractivity contribution in [2.24, 2.45) is 0 Å². The first-order valence-electron chi connectivity index (χ1n) is 5.49. The van der Waals surface area contributed by atoms with Gasteiger partial charge in [0.25, 0.3) is 10.0 Å². The van der Waals surface area contributed by atoms with E-state index in [4.69, 9.17) is 9.52 Å². The maximum atomic E-state index is 12.0. The van der Waals surface area contributed by atoms with E-state index in [2.05, 4.69) is 19.9 Å². The van der Waals surface area contributed by atoms with Crippen molar-refractivity contribution in [3.63, 3.8) is 0 Å². The standard InChI is InChI=1S/C10H14N4O4S/c1-6-3-11-9(18-6)4-12-19(16,17)10-8(5-15)7(2)13-14-10/h3,12,15H,4-5H2,1-2H3,(H,13,14). The number of aryl methyl sites for hydroxylation is 2. The third-order valence-corrected chi connectivity index (χ3v) is 3.90. The molecule has 0 atom stereocenters. The number of nitrogens with one attached hydrogen (secondary N) is 2. The van der Waals surface area contributed by atoms with Gasteiger partial charge in [0.05, 0.1) is 19.3 Å². The summed E-state index contributed by atoms with van der Waals surface area (Å²) in [6.45, 7) is 2.87. The molecule has 19 heavy (non-hydrogen) atoms. The fourth-order valence-corrected chi connectivity index (χ4v) is 2.70. The zero-order valence-electron chi connectivity index (χ0n) is 10.5. The summed E-state index contributed by atoms with van der Waals surface area (Å²) in [4.78, 5) is 3.89.